The molecule has 0 aliphatic rings. The molecular weight excluding hydrogens is 679 g/mol. The number of furan rings is 1. The zero-order valence-electron chi connectivity index (χ0n) is 30.6. The molecule has 10 aromatic carbocycles. The van der Waals surface area contributed by atoms with E-state index in [1.807, 2.05) is 6.07 Å². The van der Waals surface area contributed by atoms with Gasteiger partial charge in [0.15, 0.2) is 0 Å². The van der Waals surface area contributed by atoms with Gasteiger partial charge >= 0.3 is 0 Å². The van der Waals surface area contributed by atoms with Crippen molar-refractivity contribution in [1.82, 2.24) is 0 Å². The van der Waals surface area contributed by atoms with Gasteiger partial charge in [-0.2, -0.15) is 0 Å². The second-order valence-corrected chi connectivity index (χ2v) is 14.5. The van der Waals surface area contributed by atoms with E-state index in [1.165, 1.54) is 65.7 Å². The summed E-state index contributed by atoms with van der Waals surface area (Å²) in [5.41, 5.74) is 12.2. The molecule has 262 valence electrons. The predicted molar refractivity (Wildman–Crippen MR) is 237 cm³/mol. The lowest BCUT2D eigenvalue weighted by Crippen LogP contribution is -2.10. The van der Waals surface area contributed by atoms with Gasteiger partial charge in [0.05, 0.1) is 11.1 Å². The maximum atomic E-state index is 6.41. The molecule has 0 radical (unpaired) electrons. The molecule has 11 rings (SSSR count). The molecule has 0 spiro atoms. The van der Waals surface area contributed by atoms with E-state index < -0.39 is 0 Å². The van der Waals surface area contributed by atoms with Crippen molar-refractivity contribution in [2.75, 3.05) is 4.90 Å². The van der Waals surface area contributed by atoms with Gasteiger partial charge in [0, 0.05) is 16.8 Å². The van der Waals surface area contributed by atoms with Gasteiger partial charge in [0.2, 0.25) is 0 Å². The molecule has 0 bridgehead atoms. The van der Waals surface area contributed by atoms with Crippen LogP contribution in [0.5, 0.6) is 0 Å². The van der Waals surface area contributed by atoms with Crippen molar-refractivity contribution in [3.8, 4) is 33.4 Å². The molecule has 0 N–H and O–H groups in total. The number of benzene rings is 10. The zero-order chi connectivity index (χ0) is 37.0. The van der Waals surface area contributed by atoms with E-state index in [-0.39, 0.29) is 0 Å². The van der Waals surface area contributed by atoms with E-state index >= 15 is 0 Å². The zero-order valence-corrected chi connectivity index (χ0v) is 30.6. The van der Waals surface area contributed by atoms with Gasteiger partial charge in [-0.25, -0.2) is 0 Å². The summed E-state index contributed by atoms with van der Waals surface area (Å²) in [6.07, 6.45) is 0. The maximum Gasteiger partial charge on any atom is 0.137 e. The lowest BCUT2D eigenvalue weighted by atomic mass is 9.91. The first-order chi connectivity index (χ1) is 27.8. The minimum atomic E-state index is 0.869. The van der Waals surface area contributed by atoms with E-state index in [9.17, 15) is 0 Å². The standard InChI is InChI=1S/C54H35NO/c1-2-13-36(14-3-1)49-33-39-15-4-5-16-40(39)34-50(49)38-27-31-43(32-28-38)55(51-22-12-24-53-54(51)47-21-10-11-23-52(47)56-53)42-29-25-37(26-30-42)48-35-41-17-6-7-18-44(41)45-19-8-9-20-46(45)48/h1-35H. The molecule has 0 saturated carbocycles. The molecule has 11 aromatic rings. The van der Waals surface area contributed by atoms with Crippen molar-refractivity contribution in [3.63, 3.8) is 0 Å². The van der Waals surface area contributed by atoms with Crippen molar-refractivity contribution in [3.05, 3.63) is 212 Å². The number of anilines is 3. The highest BCUT2D eigenvalue weighted by Crippen LogP contribution is 2.45. The van der Waals surface area contributed by atoms with Gasteiger partial charge in [-0.3, -0.25) is 0 Å². The van der Waals surface area contributed by atoms with E-state index in [0.29, 0.717) is 0 Å². The summed E-state index contributed by atoms with van der Waals surface area (Å²) in [6.45, 7) is 0. The molecular formula is C54H35NO. The van der Waals surface area contributed by atoms with Gasteiger partial charge in [0.25, 0.3) is 0 Å². The smallest absolute Gasteiger partial charge is 0.137 e. The number of nitrogens with zero attached hydrogens (tertiary/aromatic N) is 1. The fraction of sp³-hybridized carbons (Fsp3) is 0. The molecule has 0 fully saturated rings. The minimum absolute atomic E-state index is 0.869. The Balaban J connectivity index is 1.08. The Kier molecular flexibility index (Phi) is 7.53. The number of para-hydroxylation sites is 1. The van der Waals surface area contributed by atoms with Crippen LogP contribution in [0, 0.1) is 0 Å². The largest absolute Gasteiger partial charge is 0.456 e. The van der Waals surface area contributed by atoms with Crippen LogP contribution in [0.2, 0.25) is 0 Å². The summed E-state index contributed by atoms with van der Waals surface area (Å²) in [5, 5.41) is 9.70. The summed E-state index contributed by atoms with van der Waals surface area (Å²) < 4.78 is 6.41. The van der Waals surface area contributed by atoms with Crippen LogP contribution in [-0.4, -0.2) is 0 Å². The lowest BCUT2D eigenvalue weighted by molar-refractivity contribution is 0.669. The highest BCUT2D eigenvalue weighted by molar-refractivity contribution is 6.15. The molecule has 0 atom stereocenters. The Bertz CT molecular complexity index is 3230. The van der Waals surface area contributed by atoms with Crippen LogP contribution >= 0.6 is 0 Å². The third kappa shape index (κ3) is 5.34. The highest BCUT2D eigenvalue weighted by Gasteiger charge is 2.20. The van der Waals surface area contributed by atoms with Crippen LogP contribution in [0.3, 0.4) is 0 Å². The first-order valence-corrected chi connectivity index (χ1v) is 19.2. The van der Waals surface area contributed by atoms with Crippen molar-refractivity contribution >= 4 is 71.3 Å². The topological polar surface area (TPSA) is 16.4 Å². The summed E-state index contributed by atoms with van der Waals surface area (Å²) in [4.78, 5) is 2.37. The van der Waals surface area contributed by atoms with E-state index in [1.54, 1.807) is 0 Å². The second kappa shape index (κ2) is 13.2. The molecule has 0 aliphatic heterocycles. The molecule has 2 nitrogen and oxygen atoms in total. The fourth-order valence-electron chi connectivity index (χ4n) is 8.58. The van der Waals surface area contributed by atoms with E-state index in [2.05, 4.69) is 211 Å². The normalized spacial score (nSPS) is 11.6. The monoisotopic (exact) mass is 713 g/mol. The molecule has 1 heterocycles. The van der Waals surface area contributed by atoms with Gasteiger partial charge in [-0.15, -0.1) is 0 Å². The van der Waals surface area contributed by atoms with Gasteiger partial charge < -0.3 is 9.32 Å². The third-order valence-electron chi connectivity index (χ3n) is 11.2. The predicted octanol–water partition coefficient (Wildman–Crippen LogP) is 15.5. The Morgan fingerprint density at radius 3 is 1.46 bits per heavy atom. The van der Waals surface area contributed by atoms with E-state index in [4.69, 9.17) is 4.42 Å². The maximum absolute atomic E-state index is 6.41. The van der Waals surface area contributed by atoms with Crippen molar-refractivity contribution in [1.29, 1.82) is 0 Å². The van der Waals surface area contributed by atoms with Crippen molar-refractivity contribution < 1.29 is 4.42 Å². The Labute approximate surface area is 325 Å². The fourth-order valence-corrected chi connectivity index (χ4v) is 8.58. The first-order valence-electron chi connectivity index (χ1n) is 19.2. The average molecular weight is 714 g/mol. The number of rotatable bonds is 6. The summed E-state index contributed by atoms with van der Waals surface area (Å²) in [5.74, 6) is 0. The van der Waals surface area contributed by atoms with Gasteiger partial charge in [-0.1, -0.05) is 152 Å². The van der Waals surface area contributed by atoms with Crippen LogP contribution in [0.1, 0.15) is 0 Å². The highest BCUT2D eigenvalue weighted by atomic mass is 16.3. The van der Waals surface area contributed by atoms with Crippen LogP contribution in [0.25, 0.3) is 87.6 Å². The quantitative estimate of drug-likeness (QED) is 0.160. The Hall–Kier alpha value is -7.42. The van der Waals surface area contributed by atoms with Crippen molar-refractivity contribution in [2.45, 2.75) is 0 Å². The van der Waals surface area contributed by atoms with Crippen LogP contribution in [0.15, 0.2) is 217 Å². The average Bonchev–Trinajstić information content (AvgIpc) is 3.66. The van der Waals surface area contributed by atoms with Gasteiger partial charge in [0.1, 0.15) is 11.2 Å². The summed E-state index contributed by atoms with van der Waals surface area (Å²) in [7, 11) is 0. The number of fused-ring (bicyclic) bond motifs is 7. The second-order valence-electron chi connectivity index (χ2n) is 14.5. The Morgan fingerprint density at radius 2 is 0.786 bits per heavy atom. The SMILES string of the molecule is c1ccc(-c2cc3ccccc3cc2-c2ccc(N(c3ccc(-c4cc5ccccc5c5ccccc45)cc3)c3cccc4oc5ccccc5c34)cc2)cc1. The van der Waals surface area contributed by atoms with Gasteiger partial charge in [-0.05, 0) is 126 Å². The summed E-state index contributed by atoms with van der Waals surface area (Å²) in [6, 6.07) is 76.5. The lowest BCUT2D eigenvalue weighted by Gasteiger charge is -2.27. The molecule has 0 unspecified atom stereocenters. The van der Waals surface area contributed by atoms with Crippen LogP contribution in [-0.2, 0) is 0 Å². The van der Waals surface area contributed by atoms with E-state index in [0.717, 1.165) is 39.0 Å². The molecule has 1 aromatic heterocycles. The van der Waals surface area contributed by atoms with Crippen LogP contribution in [0.4, 0.5) is 17.1 Å². The molecule has 0 saturated heterocycles. The van der Waals surface area contributed by atoms with Crippen molar-refractivity contribution in [2.24, 2.45) is 0 Å². The first kappa shape index (κ1) is 32.0. The molecule has 0 amide bonds. The number of hydrogen-bond donors (Lipinski definition) is 0. The minimum Gasteiger partial charge on any atom is -0.456 e. The molecule has 0 aliphatic carbocycles. The summed E-state index contributed by atoms with van der Waals surface area (Å²) >= 11 is 0. The Morgan fingerprint density at radius 1 is 0.304 bits per heavy atom. The third-order valence-corrected chi connectivity index (χ3v) is 11.2. The van der Waals surface area contributed by atoms with Crippen LogP contribution < -0.4 is 4.90 Å². The number of hydrogen-bond acceptors (Lipinski definition) is 2. The molecule has 2 heteroatoms. The molecule has 56 heavy (non-hydrogen) atoms.